The van der Waals surface area contributed by atoms with E-state index in [0.717, 1.165) is 18.3 Å². The normalized spacial score (nSPS) is 11.7. The van der Waals surface area contributed by atoms with Crippen molar-refractivity contribution in [1.29, 1.82) is 0 Å². The zero-order valence-corrected chi connectivity index (χ0v) is 11.2. The van der Waals surface area contributed by atoms with Gasteiger partial charge in [0.1, 0.15) is 12.4 Å². The lowest BCUT2D eigenvalue weighted by Crippen LogP contribution is -2.36. The third kappa shape index (κ3) is 5.04. The van der Waals surface area contributed by atoms with Crippen molar-refractivity contribution in [3.63, 3.8) is 0 Å². The van der Waals surface area contributed by atoms with Crippen LogP contribution in [-0.2, 0) is 11.0 Å². The number of aromatic nitrogens is 1. The van der Waals surface area contributed by atoms with Crippen molar-refractivity contribution >= 4 is 11.8 Å². The van der Waals surface area contributed by atoms with Gasteiger partial charge in [-0.1, -0.05) is 0 Å². The molecule has 0 spiro atoms. The van der Waals surface area contributed by atoms with E-state index in [1.165, 1.54) is 4.90 Å². The number of hydrogen-bond donors (Lipinski definition) is 1. The van der Waals surface area contributed by atoms with Crippen molar-refractivity contribution in [2.24, 2.45) is 0 Å². The zero-order valence-electron chi connectivity index (χ0n) is 11.2. The maximum atomic E-state index is 12.6. The molecule has 0 atom stereocenters. The lowest BCUT2D eigenvalue weighted by molar-refractivity contribution is -0.137. The van der Waals surface area contributed by atoms with Crippen molar-refractivity contribution in [2.45, 2.75) is 6.18 Å². The number of carbonyl (C=O) groups is 1. The summed E-state index contributed by atoms with van der Waals surface area (Å²) in [5.41, 5.74) is -0.845. The number of likely N-dealkylation sites (N-methyl/N-ethyl adjacent to an activating group) is 1. The molecule has 0 bridgehead atoms. The van der Waals surface area contributed by atoms with E-state index in [4.69, 9.17) is 5.11 Å². The van der Waals surface area contributed by atoms with Crippen LogP contribution in [0.1, 0.15) is 5.56 Å². The van der Waals surface area contributed by atoms with E-state index >= 15 is 0 Å². The molecule has 1 aromatic heterocycles. The third-order valence-corrected chi connectivity index (χ3v) is 2.54. The number of halogens is 3. The van der Waals surface area contributed by atoms with Crippen molar-refractivity contribution in [3.8, 4) is 0 Å². The number of aliphatic carboxylic acids is 1. The van der Waals surface area contributed by atoms with Gasteiger partial charge < -0.3 is 14.9 Å². The minimum Gasteiger partial charge on any atom is -0.480 e. The number of alkyl halides is 3. The van der Waals surface area contributed by atoms with Crippen molar-refractivity contribution in [3.05, 3.63) is 23.9 Å². The number of nitrogens with zero attached hydrogens (tertiary/aromatic N) is 3. The molecule has 0 saturated carbocycles. The van der Waals surface area contributed by atoms with Crippen molar-refractivity contribution in [1.82, 2.24) is 9.88 Å². The molecule has 0 radical (unpaired) electrons. The largest absolute Gasteiger partial charge is 0.480 e. The Kier molecular flexibility index (Phi) is 5.32. The van der Waals surface area contributed by atoms with Gasteiger partial charge in [-0.25, -0.2) is 4.98 Å². The fourth-order valence-corrected chi connectivity index (χ4v) is 1.53. The van der Waals surface area contributed by atoms with Crippen LogP contribution in [0.4, 0.5) is 19.0 Å². The van der Waals surface area contributed by atoms with Gasteiger partial charge in [0, 0.05) is 19.3 Å². The van der Waals surface area contributed by atoms with Gasteiger partial charge in [0.2, 0.25) is 0 Å². The molecule has 0 aliphatic carbocycles. The first-order valence-corrected chi connectivity index (χ1v) is 5.85. The van der Waals surface area contributed by atoms with Crippen LogP contribution in [0.5, 0.6) is 0 Å². The van der Waals surface area contributed by atoms with E-state index in [-0.39, 0.29) is 12.4 Å². The highest BCUT2D eigenvalue weighted by molar-refractivity contribution is 5.73. The van der Waals surface area contributed by atoms with Crippen LogP contribution >= 0.6 is 0 Å². The van der Waals surface area contributed by atoms with Crippen LogP contribution in [0.15, 0.2) is 18.3 Å². The van der Waals surface area contributed by atoms with Crippen LogP contribution in [0, 0.1) is 0 Å². The second-order valence-corrected chi connectivity index (χ2v) is 4.52. The van der Waals surface area contributed by atoms with Crippen LogP contribution in [0.2, 0.25) is 0 Å². The highest BCUT2D eigenvalue weighted by Crippen LogP contribution is 2.30. The molecule has 0 aliphatic rings. The molecule has 0 amide bonds. The number of pyridine rings is 1. The Balaban J connectivity index is 2.97. The van der Waals surface area contributed by atoms with Crippen LogP contribution in [0.3, 0.4) is 0 Å². The molecular formula is C12H16F3N3O2. The molecule has 0 saturated heterocycles. The highest BCUT2D eigenvalue weighted by atomic mass is 19.4. The molecular weight excluding hydrogens is 275 g/mol. The summed E-state index contributed by atoms with van der Waals surface area (Å²) in [6.45, 7) is 0.376. The van der Waals surface area contributed by atoms with Gasteiger partial charge in [0.05, 0.1) is 5.56 Å². The topological polar surface area (TPSA) is 56.7 Å². The minimum atomic E-state index is -4.48. The summed E-state index contributed by atoms with van der Waals surface area (Å²) in [6.07, 6.45) is -3.45. The van der Waals surface area contributed by atoms with Crippen molar-refractivity contribution < 1.29 is 23.1 Å². The minimum absolute atomic E-state index is 0.00377. The molecule has 1 N–H and O–H groups in total. The Labute approximate surface area is 114 Å². The standard InChI is InChI=1S/C12H16F3N3O2/c1-17(2)5-6-18(8-11(19)20)10-7-9(3-4-16-10)12(13,14)15/h3-4,7H,5-6,8H2,1-2H3,(H,19,20). The first kappa shape index (κ1) is 16.2. The summed E-state index contributed by atoms with van der Waals surface area (Å²) >= 11 is 0. The van der Waals surface area contributed by atoms with E-state index in [9.17, 15) is 18.0 Å². The van der Waals surface area contributed by atoms with Gasteiger partial charge in [-0.3, -0.25) is 4.79 Å². The zero-order chi connectivity index (χ0) is 15.3. The number of anilines is 1. The van der Waals surface area contributed by atoms with Gasteiger partial charge in [-0.15, -0.1) is 0 Å². The first-order valence-electron chi connectivity index (χ1n) is 5.85. The first-order chi connectivity index (χ1) is 9.20. The summed E-state index contributed by atoms with van der Waals surface area (Å²) < 4.78 is 37.9. The van der Waals surface area contributed by atoms with Gasteiger partial charge in [0.25, 0.3) is 0 Å². The molecule has 112 valence electrons. The second kappa shape index (κ2) is 6.56. The molecule has 20 heavy (non-hydrogen) atoms. The molecule has 0 aromatic carbocycles. The van der Waals surface area contributed by atoms with Gasteiger partial charge in [-0.05, 0) is 26.2 Å². The Morgan fingerprint density at radius 2 is 2.00 bits per heavy atom. The quantitative estimate of drug-likeness (QED) is 0.862. The Morgan fingerprint density at radius 1 is 1.35 bits per heavy atom. The maximum absolute atomic E-state index is 12.6. The number of rotatable bonds is 6. The smallest absolute Gasteiger partial charge is 0.416 e. The molecule has 0 fully saturated rings. The van der Waals surface area contributed by atoms with Gasteiger partial charge >= 0.3 is 12.1 Å². The number of carboxylic acids is 1. The number of carboxylic acid groups (broad SMARTS) is 1. The summed E-state index contributed by atoms with van der Waals surface area (Å²) in [5, 5.41) is 8.83. The van der Waals surface area contributed by atoms with E-state index in [0.29, 0.717) is 6.54 Å². The van der Waals surface area contributed by atoms with Crippen LogP contribution in [0.25, 0.3) is 0 Å². The predicted octanol–water partition coefficient (Wildman–Crippen LogP) is 1.55. The lowest BCUT2D eigenvalue weighted by Gasteiger charge is -2.24. The Morgan fingerprint density at radius 3 is 2.50 bits per heavy atom. The maximum Gasteiger partial charge on any atom is 0.416 e. The molecule has 0 unspecified atom stereocenters. The average Bonchev–Trinajstić information content (AvgIpc) is 2.33. The Hall–Kier alpha value is -1.83. The van der Waals surface area contributed by atoms with Crippen molar-refractivity contribution in [2.75, 3.05) is 38.6 Å². The molecule has 0 aliphatic heterocycles. The second-order valence-electron chi connectivity index (χ2n) is 4.52. The summed E-state index contributed by atoms with van der Waals surface area (Å²) in [4.78, 5) is 17.7. The molecule has 1 heterocycles. The lowest BCUT2D eigenvalue weighted by atomic mass is 10.2. The number of hydrogen-bond acceptors (Lipinski definition) is 4. The predicted molar refractivity (Wildman–Crippen MR) is 67.6 cm³/mol. The highest BCUT2D eigenvalue weighted by Gasteiger charge is 2.31. The van der Waals surface area contributed by atoms with E-state index < -0.39 is 24.3 Å². The summed E-state index contributed by atoms with van der Waals surface area (Å²) in [7, 11) is 3.58. The average molecular weight is 291 g/mol. The SMILES string of the molecule is CN(C)CCN(CC(=O)O)c1cc(C(F)(F)F)ccn1. The monoisotopic (exact) mass is 291 g/mol. The van der Waals surface area contributed by atoms with Gasteiger partial charge in [0.15, 0.2) is 0 Å². The Bertz CT molecular complexity index is 464. The molecule has 5 nitrogen and oxygen atoms in total. The van der Waals surface area contributed by atoms with E-state index in [1.54, 1.807) is 14.1 Å². The van der Waals surface area contributed by atoms with E-state index in [2.05, 4.69) is 4.98 Å². The van der Waals surface area contributed by atoms with Crippen LogP contribution in [-0.4, -0.2) is 54.7 Å². The fourth-order valence-electron chi connectivity index (χ4n) is 1.53. The molecule has 1 aromatic rings. The molecule has 8 heteroatoms. The van der Waals surface area contributed by atoms with E-state index in [1.807, 2.05) is 4.90 Å². The van der Waals surface area contributed by atoms with Crippen LogP contribution < -0.4 is 4.90 Å². The molecule has 1 rings (SSSR count). The summed E-state index contributed by atoms with van der Waals surface area (Å²) in [6, 6.07) is 1.72. The summed E-state index contributed by atoms with van der Waals surface area (Å²) in [5.74, 6) is -1.12. The van der Waals surface area contributed by atoms with Gasteiger partial charge in [-0.2, -0.15) is 13.2 Å². The fraction of sp³-hybridized carbons (Fsp3) is 0.500. The third-order valence-electron chi connectivity index (χ3n) is 2.54.